The van der Waals surface area contributed by atoms with Gasteiger partial charge in [0.25, 0.3) is 0 Å². The molecule has 0 aromatic heterocycles. The van der Waals surface area contributed by atoms with Gasteiger partial charge in [0.2, 0.25) is 5.91 Å². The molecule has 0 spiro atoms. The van der Waals surface area contributed by atoms with Crippen LogP contribution in [0.5, 0.6) is 0 Å². The SMILES string of the molecule is CC(C)[C@@H](NC(=O)OCC1c2ccccc2-c2ccccc21)C(=O)N1CCC(OCC(=O)O)CC1. The fraction of sp³-hybridized carbons (Fsp3) is 0.444. The van der Waals surface area contributed by atoms with Crippen LogP contribution in [0.2, 0.25) is 0 Å². The van der Waals surface area contributed by atoms with Gasteiger partial charge in [0.1, 0.15) is 19.3 Å². The molecular formula is C27H32N2O6. The molecule has 1 heterocycles. The highest BCUT2D eigenvalue weighted by Gasteiger charge is 2.33. The molecule has 0 saturated carbocycles. The number of hydrogen-bond donors (Lipinski definition) is 2. The molecule has 0 bridgehead atoms. The highest BCUT2D eigenvalue weighted by molar-refractivity contribution is 5.86. The second-order valence-electron chi connectivity index (χ2n) is 9.42. The quantitative estimate of drug-likeness (QED) is 0.598. The molecule has 2 aromatic carbocycles. The van der Waals surface area contributed by atoms with Crippen molar-refractivity contribution in [3.63, 3.8) is 0 Å². The summed E-state index contributed by atoms with van der Waals surface area (Å²) in [4.78, 5) is 38.3. The lowest BCUT2D eigenvalue weighted by Gasteiger charge is -2.35. The second kappa shape index (κ2) is 10.9. The zero-order chi connectivity index (χ0) is 24.9. The van der Waals surface area contributed by atoms with Crippen molar-refractivity contribution in [3.05, 3.63) is 59.7 Å². The molecule has 1 aliphatic heterocycles. The number of carbonyl (C=O) groups excluding carboxylic acids is 2. The van der Waals surface area contributed by atoms with Crippen molar-refractivity contribution in [2.45, 2.75) is 44.8 Å². The van der Waals surface area contributed by atoms with Crippen LogP contribution >= 0.6 is 0 Å². The minimum atomic E-state index is -1.00. The van der Waals surface area contributed by atoms with Gasteiger partial charge in [0.05, 0.1) is 6.10 Å². The number of ether oxygens (including phenoxy) is 2. The summed E-state index contributed by atoms with van der Waals surface area (Å²) in [6.45, 7) is 4.53. The van der Waals surface area contributed by atoms with E-state index in [9.17, 15) is 14.4 Å². The number of rotatable bonds is 8. The lowest BCUT2D eigenvalue weighted by Crippen LogP contribution is -2.53. The molecule has 0 radical (unpaired) electrons. The summed E-state index contributed by atoms with van der Waals surface area (Å²) in [7, 11) is 0. The van der Waals surface area contributed by atoms with Crippen LogP contribution in [0.15, 0.2) is 48.5 Å². The zero-order valence-electron chi connectivity index (χ0n) is 20.1. The van der Waals surface area contributed by atoms with E-state index in [2.05, 4.69) is 29.6 Å². The monoisotopic (exact) mass is 480 g/mol. The van der Waals surface area contributed by atoms with E-state index in [4.69, 9.17) is 14.6 Å². The van der Waals surface area contributed by atoms with Gasteiger partial charge in [0.15, 0.2) is 0 Å². The van der Waals surface area contributed by atoms with E-state index in [0.717, 1.165) is 22.3 Å². The van der Waals surface area contributed by atoms with Crippen LogP contribution in [0.4, 0.5) is 4.79 Å². The highest BCUT2D eigenvalue weighted by atomic mass is 16.5. The maximum Gasteiger partial charge on any atom is 0.407 e. The molecule has 2 N–H and O–H groups in total. The van der Waals surface area contributed by atoms with E-state index in [1.807, 2.05) is 38.1 Å². The number of alkyl carbamates (subject to hydrolysis) is 1. The number of hydrogen-bond acceptors (Lipinski definition) is 5. The summed E-state index contributed by atoms with van der Waals surface area (Å²) in [6, 6.07) is 15.6. The van der Waals surface area contributed by atoms with Crippen molar-refractivity contribution >= 4 is 18.0 Å². The van der Waals surface area contributed by atoms with Crippen LogP contribution < -0.4 is 5.32 Å². The molecule has 2 aliphatic rings. The Balaban J connectivity index is 1.34. The zero-order valence-corrected chi connectivity index (χ0v) is 20.1. The lowest BCUT2D eigenvalue weighted by molar-refractivity contribution is -0.147. The average Bonchev–Trinajstić information content (AvgIpc) is 3.18. The maximum atomic E-state index is 13.2. The molecule has 8 nitrogen and oxygen atoms in total. The van der Waals surface area contributed by atoms with E-state index in [1.54, 1.807) is 4.90 Å². The molecule has 2 amide bonds. The van der Waals surface area contributed by atoms with Gasteiger partial charge in [-0.25, -0.2) is 9.59 Å². The molecule has 186 valence electrons. The number of benzene rings is 2. The molecular weight excluding hydrogens is 448 g/mol. The fourth-order valence-corrected chi connectivity index (χ4v) is 4.91. The van der Waals surface area contributed by atoms with Gasteiger partial charge in [0, 0.05) is 19.0 Å². The van der Waals surface area contributed by atoms with Crippen molar-refractivity contribution in [1.29, 1.82) is 0 Å². The third kappa shape index (κ3) is 5.65. The Morgan fingerprint density at radius 2 is 1.57 bits per heavy atom. The molecule has 4 rings (SSSR count). The molecule has 1 fully saturated rings. The first-order valence-electron chi connectivity index (χ1n) is 12.1. The van der Waals surface area contributed by atoms with Gasteiger partial charge < -0.3 is 24.8 Å². The van der Waals surface area contributed by atoms with Crippen LogP contribution in [0.1, 0.15) is 43.7 Å². The topological polar surface area (TPSA) is 105 Å². The number of carboxylic acid groups (broad SMARTS) is 1. The van der Waals surface area contributed by atoms with Gasteiger partial charge in [-0.2, -0.15) is 0 Å². The van der Waals surface area contributed by atoms with Gasteiger partial charge in [-0.1, -0.05) is 62.4 Å². The third-order valence-corrected chi connectivity index (χ3v) is 6.75. The van der Waals surface area contributed by atoms with Crippen LogP contribution in [0.3, 0.4) is 0 Å². The summed E-state index contributed by atoms with van der Waals surface area (Å²) in [5.74, 6) is -1.34. The smallest absolute Gasteiger partial charge is 0.407 e. The van der Waals surface area contributed by atoms with E-state index >= 15 is 0 Å². The van der Waals surface area contributed by atoms with Gasteiger partial charge in [-0.15, -0.1) is 0 Å². The number of amides is 2. The van der Waals surface area contributed by atoms with Crippen molar-refractivity contribution in [3.8, 4) is 11.1 Å². The molecule has 1 atom stereocenters. The number of likely N-dealkylation sites (tertiary alicyclic amines) is 1. The first-order valence-corrected chi connectivity index (χ1v) is 12.1. The van der Waals surface area contributed by atoms with E-state index in [1.165, 1.54) is 0 Å². The predicted octanol–water partition coefficient (Wildman–Crippen LogP) is 3.64. The Bertz CT molecular complexity index is 1030. The van der Waals surface area contributed by atoms with Crippen molar-refractivity contribution in [1.82, 2.24) is 10.2 Å². The van der Waals surface area contributed by atoms with Gasteiger partial charge in [-0.3, -0.25) is 4.79 Å². The number of carboxylic acids is 1. The van der Waals surface area contributed by atoms with Crippen LogP contribution in [-0.2, 0) is 19.1 Å². The van der Waals surface area contributed by atoms with Crippen LogP contribution in [0.25, 0.3) is 11.1 Å². The summed E-state index contributed by atoms with van der Waals surface area (Å²) < 4.78 is 11.0. The number of nitrogens with one attached hydrogen (secondary N) is 1. The predicted molar refractivity (Wildman–Crippen MR) is 130 cm³/mol. The summed E-state index contributed by atoms with van der Waals surface area (Å²) >= 11 is 0. The molecule has 1 saturated heterocycles. The third-order valence-electron chi connectivity index (χ3n) is 6.75. The minimum Gasteiger partial charge on any atom is -0.480 e. The summed E-state index contributed by atoms with van der Waals surface area (Å²) in [6.07, 6.45) is 0.338. The molecule has 0 unspecified atom stereocenters. The molecule has 8 heteroatoms. The molecule has 2 aromatic rings. The Hall–Kier alpha value is -3.39. The Labute approximate surface area is 205 Å². The fourth-order valence-electron chi connectivity index (χ4n) is 4.91. The maximum absolute atomic E-state index is 13.2. The van der Waals surface area contributed by atoms with Crippen molar-refractivity contribution in [2.24, 2.45) is 5.92 Å². The summed E-state index contributed by atoms with van der Waals surface area (Å²) in [5, 5.41) is 11.5. The Kier molecular flexibility index (Phi) is 7.70. The highest BCUT2D eigenvalue weighted by Crippen LogP contribution is 2.44. The van der Waals surface area contributed by atoms with Crippen LogP contribution in [-0.4, -0.2) is 66.4 Å². The molecule has 35 heavy (non-hydrogen) atoms. The standard InChI is InChI=1S/C27H32N2O6/c1-17(2)25(26(32)29-13-11-18(12-14-29)34-16-24(30)31)28-27(33)35-15-23-21-9-5-3-7-19(21)20-8-4-6-10-22(20)23/h3-10,17-18,23,25H,11-16H2,1-2H3,(H,28,33)(H,30,31)/t25-/m1/s1. The van der Waals surface area contributed by atoms with Crippen molar-refractivity contribution in [2.75, 3.05) is 26.3 Å². The normalized spacial score (nSPS) is 16.5. The second-order valence-corrected chi connectivity index (χ2v) is 9.42. The number of fused-ring (bicyclic) bond motifs is 3. The first-order chi connectivity index (χ1) is 16.8. The van der Waals surface area contributed by atoms with Crippen LogP contribution in [0, 0.1) is 5.92 Å². The minimum absolute atomic E-state index is 0.0498. The first kappa shape index (κ1) is 24.7. The Morgan fingerprint density at radius 1 is 1.00 bits per heavy atom. The molecule has 1 aliphatic carbocycles. The van der Waals surface area contributed by atoms with E-state index in [-0.39, 0.29) is 37.1 Å². The lowest BCUT2D eigenvalue weighted by atomic mass is 9.98. The van der Waals surface area contributed by atoms with Crippen molar-refractivity contribution < 1.29 is 29.0 Å². The van der Waals surface area contributed by atoms with E-state index in [0.29, 0.717) is 25.9 Å². The summed E-state index contributed by atoms with van der Waals surface area (Å²) in [5.41, 5.74) is 4.57. The number of piperidine rings is 1. The van der Waals surface area contributed by atoms with Gasteiger partial charge in [-0.05, 0) is 41.0 Å². The Morgan fingerprint density at radius 3 is 2.11 bits per heavy atom. The largest absolute Gasteiger partial charge is 0.480 e. The number of aliphatic carboxylic acids is 1. The average molecular weight is 481 g/mol. The van der Waals surface area contributed by atoms with E-state index < -0.39 is 18.1 Å². The number of carbonyl (C=O) groups is 3. The van der Waals surface area contributed by atoms with Gasteiger partial charge >= 0.3 is 12.1 Å². The number of nitrogens with zero attached hydrogens (tertiary/aromatic N) is 1.